The van der Waals surface area contributed by atoms with Crippen LogP contribution in [0.25, 0.3) is 0 Å². The van der Waals surface area contributed by atoms with E-state index >= 15 is 0 Å². The highest BCUT2D eigenvalue weighted by atomic mass is 19.1. The zero-order chi connectivity index (χ0) is 17.3. The number of hydrogen-bond acceptors (Lipinski definition) is 3. The van der Waals surface area contributed by atoms with E-state index in [9.17, 15) is 14.3 Å². The van der Waals surface area contributed by atoms with Crippen LogP contribution in [0.5, 0.6) is 11.5 Å². The molecular formula is C19H20FNO3. The lowest BCUT2D eigenvalue weighted by molar-refractivity contribution is -0.136. The van der Waals surface area contributed by atoms with Crippen LogP contribution in [0.2, 0.25) is 0 Å². The average Bonchev–Trinajstić information content (AvgIpc) is 2.59. The number of benzene rings is 2. The summed E-state index contributed by atoms with van der Waals surface area (Å²) < 4.78 is 19.1. The number of carbonyl (C=O) groups is 1. The van der Waals surface area contributed by atoms with Gasteiger partial charge in [-0.05, 0) is 42.7 Å². The molecular weight excluding hydrogens is 309 g/mol. The highest BCUT2D eigenvalue weighted by Crippen LogP contribution is 2.42. The number of halogens is 1. The van der Waals surface area contributed by atoms with E-state index in [1.807, 2.05) is 13.8 Å². The Morgan fingerprint density at radius 3 is 2.42 bits per heavy atom. The largest absolute Gasteiger partial charge is 0.508 e. The summed E-state index contributed by atoms with van der Waals surface area (Å²) >= 11 is 0. The van der Waals surface area contributed by atoms with Crippen LogP contribution in [0.4, 0.5) is 10.1 Å². The highest BCUT2D eigenvalue weighted by Gasteiger charge is 2.45. The van der Waals surface area contributed by atoms with Crippen LogP contribution >= 0.6 is 0 Å². The van der Waals surface area contributed by atoms with Crippen LogP contribution in [-0.4, -0.2) is 16.6 Å². The van der Waals surface area contributed by atoms with Crippen molar-refractivity contribution in [2.75, 3.05) is 4.90 Å². The Morgan fingerprint density at radius 1 is 1.12 bits per heavy atom. The van der Waals surface area contributed by atoms with Gasteiger partial charge in [0.25, 0.3) is 5.91 Å². The van der Waals surface area contributed by atoms with Gasteiger partial charge >= 0.3 is 0 Å². The van der Waals surface area contributed by atoms with Gasteiger partial charge in [0, 0.05) is 6.07 Å². The Hall–Kier alpha value is -2.56. The van der Waals surface area contributed by atoms with Crippen molar-refractivity contribution in [3.63, 3.8) is 0 Å². The molecule has 0 aromatic heterocycles. The number of hydrogen-bond donors (Lipinski definition) is 1. The Balaban J connectivity index is 2.05. The highest BCUT2D eigenvalue weighted by molar-refractivity contribution is 6.03. The van der Waals surface area contributed by atoms with Crippen molar-refractivity contribution >= 4 is 11.6 Å². The molecule has 4 nitrogen and oxygen atoms in total. The van der Waals surface area contributed by atoms with E-state index in [1.165, 1.54) is 18.2 Å². The minimum Gasteiger partial charge on any atom is -0.508 e. The minimum absolute atomic E-state index is 0.0646. The second-order valence-electron chi connectivity index (χ2n) is 5.97. The van der Waals surface area contributed by atoms with Crippen LogP contribution in [0.1, 0.15) is 32.3 Å². The fourth-order valence-corrected chi connectivity index (χ4v) is 3.04. The maximum atomic E-state index is 13.1. The molecule has 2 aromatic carbocycles. The average molecular weight is 329 g/mol. The van der Waals surface area contributed by atoms with Crippen LogP contribution in [0, 0.1) is 5.82 Å². The Labute approximate surface area is 140 Å². The Morgan fingerprint density at radius 2 is 1.79 bits per heavy atom. The van der Waals surface area contributed by atoms with Gasteiger partial charge in [0.05, 0.1) is 12.2 Å². The first-order valence-corrected chi connectivity index (χ1v) is 8.07. The standard InChI is InChI=1S/C19H20FNO3/c1-3-19(4-2)18(23)21(12-13-5-7-14(20)8-6-13)16-11-15(22)9-10-17(16)24-19/h5-11,22H,3-4,12H2,1-2H3. The van der Waals surface area contributed by atoms with Gasteiger partial charge in [0.15, 0.2) is 5.60 Å². The van der Waals surface area contributed by atoms with E-state index in [0.29, 0.717) is 30.8 Å². The van der Waals surface area contributed by atoms with Crippen LogP contribution < -0.4 is 9.64 Å². The molecule has 0 spiro atoms. The molecule has 1 amide bonds. The van der Waals surface area contributed by atoms with Gasteiger partial charge in [-0.25, -0.2) is 4.39 Å². The first kappa shape index (κ1) is 16.3. The van der Waals surface area contributed by atoms with Crippen molar-refractivity contribution in [1.82, 2.24) is 0 Å². The summed E-state index contributed by atoms with van der Waals surface area (Å²) in [4.78, 5) is 14.7. The summed E-state index contributed by atoms with van der Waals surface area (Å²) in [6, 6.07) is 10.8. The van der Waals surface area contributed by atoms with Gasteiger partial charge in [-0.15, -0.1) is 0 Å². The predicted molar refractivity (Wildman–Crippen MR) is 89.6 cm³/mol. The second kappa shape index (κ2) is 6.15. The molecule has 0 saturated heterocycles. The molecule has 0 atom stereocenters. The smallest absolute Gasteiger partial charge is 0.271 e. The first-order chi connectivity index (χ1) is 11.5. The molecule has 1 heterocycles. The number of phenolic OH excluding ortho intramolecular Hbond substituents is 1. The molecule has 0 radical (unpaired) electrons. The number of amides is 1. The molecule has 1 aliphatic heterocycles. The summed E-state index contributed by atoms with van der Waals surface area (Å²) in [5.41, 5.74) is 0.424. The topological polar surface area (TPSA) is 49.8 Å². The van der Waals surface area contributed by atoms with Crippen molar-refractivity contribution in [2.45, 2.75) is 38.8 Å². The Kier molecular flexibility index (Phi) is 4.18. The molecule has 24 heavy (non-hydrogen) atoms. The Bertz CT molecular complexity index is 754. The third-order valence-electron chi connectivity index (χ3n) is 4.57. The number of ether oxygens (including phenoxy) is 1. The minimum atomic E-state index is -0.913. The summed E-state index contributed by atoms with van der Waals surface area (Å²) in [5.74, 6) is 0.171. The zero-order valence-corrected chi connectivity index (χ0v) is 13.8. The van der Waals surface area contributed by atoms with Gasteiger partial charge in [0.1, 0.15) is 17.3 Å². The first-order valence-electron chi connectivity index (χ1n) is 8.07. The fourth-order valence-electron chi connectivity index (χ4n) is 3.04. The van der Waals surface area contributed by atoms with E-state index < -0.39 is 5.60 Å². The monoisotopic (exact) mass is 329 g/mol. The molecule has 1 N–H and O–H groups in total. The number of fused-ring (bicyclic) bond motifs is 1. The number of phenols is 1. The van der Waals surface area contributed by atoms with E-state index in [0.717, 1.165) is 5.56 Å². The van der Waals surface area contributed by atoms with Crippen molar-refractivity contribution < 1.29 is 19.0 Å². The molecule has 1 aliphatic rings. The SMILES string of the molecule is CCC1(CC)Oc2ccc(O)cc2N(Cc2ccc(F)cc2)C1=O. The molecule has 0 bridgehead atoms. The molecule has 0 fully saturated rings. The number of aromatic hydroxyl groups is 1. The third-order valence-corrected chi connectivity index (χ3v) is 4.57. The lowest BCUT2D eigenvalue weighted by Gasteiger charge is -2.42. The van der Waals surface area contributed by atoms with Crippen LogP contribution in [0.3, 0.4) is 0 Å². The zero-order valence-electron chi connectivity index (χ0n) is 13.8. The van der Waals surface area contributed by atoms with Gasteiger partial charge in [-0.3, -0.25) is 4.79 Å². The summed E-state index contributed by atoms with van der Waals surface area (Å²) in [6.45, 7) is 4.13. The maximum absolute atomic E-state index is 13.1. The van der Waals surface area contributed by atoms with E-state index in [-0.39, 0.29) is 17.5 Å². The van der Waals surface area contributed by atoms with Gasteiger partial charge in [0.2, 0.25) is 0 Å². The third kappa shape index (κ3) is 2.70. The summed E-state index contributed by atoms with van der Waals surface area (Å²) in [5, 5.41) is 9.80. The van der Waals surface area contributed by atoms with E-state index in [2.05, 4.69) is 0 Å². The molecule has 126 valence electrons. The fraction of sp³-hybridized carbons (Fsp3) is 0.316. The van der Waals surface area contributed by atoms with Crippen molar-refractivity contribution in [1.29, 1.82) is 0 Å². The number of nitrogens with zero attached hydrogens (tertiary/aromatic N) is 1. The van der Waals surface area contributed by atoms with E-state index in [4.69, 9.17) is 4.74 Å². The van der Waals surface area contributed by atoms with Crippen molar-refractivity contribution in [3.8, 4) is 11.5 Å². The summed E-state index contributed by atoms with van der Waals surface area (Å²) in [7, 11) is 0. The van der Waals surface area contributed by atoms with Crippen molar-refractivity contribution in [3.05, 3.63) is 53.8 Å². The molecule has 2 aromatic rings. The van der Waals surface area contributed by atoms with Gasteiger partial charge < -0.3 is 14.7 Å². The lowest BCUT2D eigenvalue weighted by Crippen LogP contribution is -2.55. The molecule has 0 unspecified atom stereocenters. The van der Waals surface area contributed by atoms with Crippen LogP contribution in [0.15, 0.2) is 42.5 Å². The van der Waals surface area contributed by atoms with Gasteiger partial charge in [-0.2, -0.15) is 0 Å². The summed E-state index contributed by atoms with van der Waals surface area (Å²) in [6.07, 6.45) is 1.09. The van der Waals surface area contributed by atoms with Gasteiger partial charge in [-0.1, -0.05) is 26.0 Å². The predicted octanol–water partition coefficient (Wildman–Crippen LogP) is 4.02. The molecule has 0 saturated carbocycles. The second-order valence-corrected chi connectivity index (χ2v) is 5.97. The van der Waals surface area contributed by atoms with Crippen molar-refractivity contribution in [2.24, 2.45) is 0 Å². The van der Waals surface area contributed by atoms with E-state index in [1.54, 1.807) is 29.2 Å². The van der Waals surface area contributed by atoms with Crippen LogP contribution in [-0.2, 0) is 11.3 Å². The number of rotatable bonds is 4. The molecule has 3 rings (SSSR count). The number of anilines is 1. The lowest BCUT2D eigenvalue weighted by atomic mass is 9.92. The normalized spacial score (nSPS) is 15.8. The molecule has 0 aliphatic carbocycles. The quantitative estimate of drug-likeness (QED) is 0.922. The molecule has 5 heteroatoms. The number of carbonyl (C=O) groups excluding carboxylic acids is 1. The maximum Gasteiger partial charge on any atom is 0.271 e.